The molecule has 0 heterocycles. The zero-order valence-corrected chi connectivity index (χ0v) is 16.6. The lowest BCUT2D eigenvalue weighted by Gasteiger charge is -2.08. The predicted octanol–water partition coefficient (Wildman–Crippen LogP) is 3.49. The minimum Gasteiger partial charge on any atom is -0.370 e. The molecule has 6 heteroatoms. The molecule has 0 unspecified atom stereocenters. The predicted molar refractivity (Wildman–Crippen MR) is 108 cm³/mol. The largest absolute Gasteiger partial charge is 0.370 e. The highest BCUT2D eigenvalue weighted by Gasteiger charge is 2.01. The van der Waals surface area contributed by atoms with Crippen molar-refractivity contribution in [1.29, 1.82) is 0 Å². The number of carbonyl (C=O) groups is 1. The Labute approximate surface area is 156 Å². The van der Waals surface area contributed by atoms with Gasteiger partial charge in [-0.15, -0.1) is 24.0 Å². The molecule has 0 radical (unpaired) electrons. The highest BCUT2D eigenvalue weighted by atomic mass is 127. The number of hydrogen-bond donors (Lipinski definition) is 3. The van der Waals surface area contributed by atoms with Gasteiger partial charge < -0.3 is 16.4 Å². The minimum atomic E-state index is 0. The molecule has 23 heavy (non-hydrogen) atoms. The number of nitrogens with two attached hydrogens (primary N) is 1. The summed E-state index contributed by atoms with van der Waals surface area (Å²) in [4.78, 5) is 15.8. The first-order valence-electron chi connectivity index (χ1n) is 7.93. The molecule has 1 aromatic carbocycles. The van der Waals surface area contributed by atoms with Gasteiger partial charge in [-0.3, -0.25) is 4.79 Å². The molecule has 5 nitrogen and oxygen atoms in total. The van der Waals surface area contributed by atoms with E-state index in [9.17, 15) is 4.79 Å². The summed E-state index contributed by atoms with van der Waals surface area (Å²) in [7, 11) is 0. The van der Waals surface area contributed by atoms with E-state index in [1.54, 1.807) is 0 Å². The molecule has 0 aliphatic heterocycles. The molecule has 1 amide bonds. The SMILES string of the molecule is CCCC(=O)Nc1ccc(CN=C(N)NCCC(C)C)cc1.I. The smallest absolute Gasteiger partial charge is 0.224 e. The Morgan fingerprint density at radius 1 is 1.26 bits per heavy atom. The molecule has 0 atom stereocenters. The fourth-order valence-corrected chi connectivity index (χ4v) is 1.87. The third-order valence-corrected chi connectivity index (χ3v) is 3.17. The van der Waals surface area contributed by atoms with Crippen LogP contribution < -0.4 is 16.4 Å². The van der Waals surface area contributed by atoms with E-state index in [1.807, 2.05) is 31.2 Å². The molecule has 0 spiro atoms. The number of nitrogens with zero attached hydrogens (tertiary/aromatic N) is 1. The number of hydrogen-bond acceptors (Lipinski definition) is 2. The molecule has 1 aromatic rings. The fraction of sp³-hybridized carbons (Fsp3) is 0.529. The number of amides is 1. The Morgan fingerprint density at radius 2 is 1.91 bits per heavy atom. The van der Waals surface area contributed by atoms with Gasteiger partial charge >= 0.3 is 0 Å². The normalized spacial score (nSPS) is 11.0. The summed E-state index contributed by atoms with van der Waals surface area (Å²) in [5.41, 5.74) is 7.69. The van der Waals surface area contributed by atoms with Crippen molar-refractivity contribution >= 4 is 41.5 Å². The van der Waals surface area contributed by atoms with Crippen LogP contribution in [0.3, 0.4) is 0 Å². The number of anilines is 1. The van der Waals surface area contributed by atoms with Crippen LogP contribution in [0.15, 0.2) is 29.3 Å². The summed E-state index contributed by atoms with van der Waals surface area (Å²) >= 11 is 0. The Balaban J connectivity index is 0.00000484. The quantitative estimate of drug-likeness (QED) is 0.334. The maximum atomic E-state index is 11.5. The summed E-state index contributed by atoms with van der Waals surface area (Å²) < 4.78 is 0. The lowest BCUT2D eigenvalue weighted by Crippen LogP contribution is -2.32. The second kappa shape index (κ2) is 12.2. The molecular weight excluding hydrogens is 403 g/mol. The summed E-state index contributed by atoms with van der Waals surface area (Å²) in [6, 6.07) is 7.68. The first-order chi connectivity index (χ1) is 10.5. The molecule has 0 saturated carbocycles. The average molecular weight is 432 g/mol. The van der Waals surface area contributed by atoms with Crippen LogP contribution >= 0.6 is 24.0 Å². The van der Waals surface area contributed by atoms with Gasteiger partial charge in [-0.25, -0.2) is 4.99 Å². The van der Waals surface area contributed by atoms with Gasteiger partial charge in [0.25, 0.3) is 0 Å². The number of nitrogens with one attached hydrogen (secondary N) is 2. The molecule has 0 aliphatic rings. The van der Waals surface area contributed by atoms with Crippen molar-refractivity contribution in [3.8, 4) is 0 Å². The molecule has 0 saturated heterocycles. The minimum absolute atomic E-state index is 0. The van der Waals surface area contributed by atoms with Crippen molar-refractivity contribution in [2.45, 2.75) is 46.6 Å². The number of carbonyl (C=O) groups excluding carboxylic acids is 1. The molecular formula is C17H29IN4O. The first kappa shape index (κ1) is 21.7. The van der Waals surface area contributed by atoms with Crippen LogP contribution in [-0.2, 0) is 11.3 Å². The van der Waals surface area contributed by atoms with Crippen molar-refractivity contribution in [1.82, 2.24) is 5.32 Å². The maximum Gasteiger partial charge on any atom is 0.224 e. The van der Waals surface area contributed by atoms with Gasteiger partial charge in [-0.1, -0.05) is 32.9 Å². The van der Waals surface area contributed by atoms with Crippen LogP contribution in [0.25, 0.3) is 0 Å². The molecule has 130 valence electrons. The zero-order chi connectivity index (χ0) is 16.4. The summed E-state index contributed by atoms with van der Waals surface area (Å²) in [5, 5.41) is 5.97. The van der Waals surface area contributed by atoms with Gasteiger partial charge in [0.1, 0.15) is 0 Å². The maximum absolute atomic E-state index is 11.5. The van der Waals surface area contributed by atoms with Gasteiger partial charge in [0.05, 0.1) is 6.54 Å². The molecule has 0 bridgehead atoms. The third kappa shape index (κ3) is 10.1. The van der Waals surface area contributed by atoms with E-state index in [4.69, 9.17) is 5.73 Å². The Bertz CT molecular complexity index is 486. The summed E-state index contributed by atoms with van der Waals surface area (Å²) in [5.74, 6) is 1.17. The van der Waals surface area contributed by atoms with Crippen molar-refractivity contribution in [2.24, 2.45) is 16.6 Å². The van der Waals surface area contributed by atoms with E-state index in [-0.39, 0.29) is 29.9 Å². The molecule has 0 fully saturated rings. The highest BCUT2D eigenvalue weighted by molar-refractivity contribution is 14.0. The van der Waals surface area contributed by atoms with Crippen LogP contribution in [0.4, 0.5) is 5.69 Å². The van der Waals surface area contributed by atoms with Crippen LogP contribution in [0, 0.1) is 5.92 Å². The van der Waals surface area contributed by atoms with Gasteiger partial charge in [0.2, 0.25) is 5.91 Å². The summed E-state index contributed by atoms with van der Waals surface area (Å²) in [6.07, 6.45) is 2.47. The van der Waals surface area contributed by atoms with E-state index in [0.29, 0.717) is 24.8 Å². The topological polar surface area (TPSA) is 79.5 Å². The lowest BCUT2D eigenvalue weighted by molar-refractivity contribution is -0.116. The molecule has 0 aliphatic carbocycles. The molecule has 1 rings (SSSR count). The zero-order valence-electron chi connectivity index (χ0n) is 14.3. The van der Waals surface area contributed by atoms with Gasteiger partial charge in [0.15, 0.2) is 5.96 Å². The monoisotopic (exact) mass is 432 g/mol. The van der Waals surface area contributed by atoms with Gasteiger partial charge in [0, 0.05) is 18.7 Å². The second-order valence-corrected chi connectivity index (χ2v) is 5.81. The fourth-order valence-electron chi connectivity index (χ4n) is 1.87. The van der Waals surface area contributed by atoms with Crippen molar-refractivity contribution in [3.63, 3.8) is 0 Å². The van der Waals surface area contributed by atoms with Crippen LogP contribution in [0.5, 0.6) is 0 Å². The Morgan fingerprint density at radius 3 is 2.48 bits per heavy atom. The first-order valence-corrected chi connectivity index (χ1v) is 7.93. The van der Waals surface area contributed by atoms with E-state index in [0.717, 1.165) is 30.6 Å². The van der Waals surface area contributed by atoms with Crippen LogP contribution in [0.2, 0.25) is 0 Å². The van der Waals surface area contributed by atoms with Crippen LogP contribution in [0.1, 0.15) is 45.6 Å². The summed E-state index contributed by atoms with van der Waals surface area (Å²) in [6.45, 7) is 7.71. The van der Waals surface area contributed by atoms with Gasteiger partial charge in [-0.05, 0) is 36.5 Å². The Hall–Kier alpha value is -1.31. The average Bonchev–Trinajstić information content (AvgIpc) is 2.46. The highest BCUT2D eigenvalue weighted by Crippen LogP contribution is 2.11. The number of halogens is 1. The number of benzene rings is 1. The number of aliphatic imine (C=N–C) groups is 1. The number of guanidine groups is 1. The van der Waals surface area contributed by atoms with Crippen molar-refractivity contribution in [3.05, 3.63) is 29.8 Å². The second-order valence-electron chi connectivity index (χ2n) is 5.81. The molecule has 0 aromatic heterocycles. The van der Waals surface area contributed by atoms with Crippen LogP contribution in [-0.4, -0.2) is 18.4 Å². The lowest BCUT2D eigenvalue weighted by atomic mass is 10.1. The van der Waals surface area contributed by atoms with E-state index in [1.165, 1.54) is 0 Å². The van der Waals surface area contributed by atoms with E-state index in [2.05, 4.69) is 29.5 Å². The van der Waals surface area contributed by atoms with Gasteiger partial charge in [-0.2, -0.15) is 0 Å². The van der Waals surface area contributed by atoms with E-state index < -0.39 is 0 Å². The Kier molecular flexibility index (Phi) is 11.5. The van der Waals surface area contributed by atoms with Crippen molar-refractivity contribution in [2.75, 3.05) is 11.9 Å². The molecule has 4 N–H and O–H groups in total. The third-order valence-electron chi connectivity index (χ3n) is 3.17. The van der Waals surface area contributed by atoms with Crippen molar-refractivity contribution < 1.29 is 4.79 Å². The number of rotatable bonds is 8. The standard InChI is InChI=1S/C17H28N4O.HI/c1-4-5-16(22)21-15-8-6-14(7-9-15)12-20-17(18)19-11-10-13(2)3;/h6-9,13H,4-5,10-12H2,1-3H3,(H,21,22)(H3,18,19,20);1H. The van der Waals surface area contributed by atoms with E-state index >= 15 is 0 Å².